The van der Waals surface area contributed by atoms with Crippen LogP contribution in [0, 0.1) is 0 Å². The van der Waals surface area contributed by atoms with Gasteiger partial charge < -0.3 is 4.74 Å². The second-order valence-electron chi connectivity index (χ2n) is 2.60. The molecule has 0 atom stereocenters. The van der Waals surface area contributed by atoms with E-state index in [1.165, 1.54) is 0 Å². The van der Waals surface area contributed by atoms with Crippen LogP contribution in [0.5, 0.6) is 5.75 Å². The van der Waals surface area contributed by atoms with E-state index in [-0.39, 0.29) is 6.61 Å². The Kier molecular flexibility index (Phi) is 4.41. The summed E-state index contributed by atoms with van der Waals surface area (Å²) in [5.74, 6) is 0.496. The fraction of sp³-hybridized carbons (Fsp3) is 0.333. The summed E-state index contributed by atoms with van der Waals surface area (Å²) in [4.78, 5) is 0. The van der Waals surface area contributed by atoms with Gasteiger partial charge in [0, 0.05) is 4.47 Å². The van der Waals surface area contributed by atoms with Gasteiger partial charge in [-0.3, -0.25) is 4.74 Å². The topological polar surface area (TPSA) is 18.5 Å². The highest BCUT2D eigenvalue weighted by Crippen LogP contribution is 2.18. The third-order valence-electron chi connectivity index (χ3n) is 1.41. The first-order valence-electron chi connectivity index (χ1n) is 4.06. The zero-order valence-electron chi connectivity index (χ0n) is 7.55. The number of hydrogen-bond acceptors (Lipinski definition) is 2. The summed E-state index contributed by atoms with van der Waals surface area (Å²) in [7, 11) is 0. The highest BCUT2D eigenvalue weighted by atomic mass is 79.9. The fourth-order valence-electron chi connectivity index (χ4n) is 0.874. The van der Waals surface area contributed by atoms with Gasteiger partial charge in [0.05, 0.1) is 6.61 Å². The summed E-state index contributed by atoms with van der Waals surface area (Å²) in [6.45, 7) is -0.661. The van der Waals surface area contributed by atoms with E-state index in [1.807, 2.05) is 0 Å². The van der Waals surface area contributed by atoms with Crippen LogP contribution in [0.15, 0.2) is 28.7 Å². The van der Waals surface area contributed by atoms with Crippen LogP contribution in [0.2, 0.25) is 0 Å². The Labute approximate surface area is 93.1 Å². The van der Waals surface area contributed by atoms with Crippen LogP contribution >= 0.6 is 15.9 Å². The van der Waals surface area contributed by atoms with E-state index in [9.17, 15) is 13.2 Å². The second-order valence-corrected chi connectivity index (χ2v) is 3.52. The van der Waals surface area contributed by atoms with Crippen molar-refractivity contribution in [3.8, 4) is 5.75 Å². The Bertz CT molecular complexity index is 314. The predicted molar refractivity (Wildman–Crippen MR) is 51.6 cm³/mol. The first kappa shape index (κ1) is 12.3. The zero-order chi connectivity index (χ0) is 11.3. The lowest BCUT2D eigenvalue weighted by molar-refractivity contribution is -0.325. The minimum atomic E-state index is -4.60. The molecule has 0 aliphatic carbocycles. The summed E-state index contributed by atoms with van der Waals surface area (Å²) >= 11 is 3.21. The molecule has 0 heterocycles. The minimum Gasteiger partial charge on any atom is -0.491 e. The molecule has 0 aliphatic rings. The molecule has 2 nitrogen and oxygen atoms in total. The number of halogens is 4. The normalized spacial score (nSPS) is 11.5. The van der Waals surface area contributed by atoms with Crippen LogP contribution in [0.4, 0.5) is 13.2 Å². The molecule has 0 spiro atoms. The lowest BCUT2D eigenvalue weighted by Gasteiger charge is -2.08. The molecule has 15 heavy (non-hydrogen) atoms. The molecule has 0 saturated heterocycles. The smallest absolute Gasteiger partial charge is 0.491 e. The molecule has 1 aromatic carbocycles. The molecule has 0 N–H and O–H groups in total. The highest BCUT2D eigenvalue weighted by molar-refractivity contribution is 9.10. The van der Waals surface area contributed by atoms with Crippen LogP contribution in [0.1, 0.15) is 0 Å². The first-order valence-corrected chi connectivity index (χ1v) is 4.86. The molecule has 0 bridgehead atoms. The summed E-state index contributed by atoms with van der Waals surface area (Å²) < 4.78 is 44.1. The van der Waals surface area contributed by atoms with Gasteiger partial charge in [-0.2, -0.15) is 0 Å². The van der Waals surface area contributed by atoms with Crippen molar-refractivity contribution in [1.29, 1.82) is 0 Å². The first-order chi connectivity index (χ1) is 6.97. The SMILES string of the molecule is FC(F)(F)OCCOc1cccc(Br)c1. The Morgan fingerprint density at radius 3 is 2.53 bits per heavy atom. The van der Waals surface area contributed by atoms with Crippen molar-refractivity contribution in [3.05, 3.63) is 28.7 Å². The Balaban J connectivity index is 2.26. The monoisotopic (exact) mass is 284 g/mol. The van der Waals surface area contributed by atoms with Crippen molar-refractivity contribution in [2.75, 3.05) is 13.2 Å². The molecule has 1 rings (SSSR count). The average molecular weight is 285 g/mol. The predicted octanol–water partition coefficient (Wildman–Crippen LogP) is 3.36. The van der Waals surface area contributed by atoms with Crippen molar-refractivity contribution in [2.45, 2.75) is 6.36 Å². The largest absolute Gasteiger partial charge is 0.522 e. The molecule has 0 radical (unpaired) electrons. The maximum Gasteiger partial charge on any atom is 0.522 e. The molecule has 0 aliphatic heterocycles. The summed E-state index contributed by atoms with van der Waals surface area (Å²) in [6, 6.07) is 6.83. The van der Waals surface area contributed by atoms with E-state index in [4.69, 9.17) is 4.74 Å². The number of ether oxygens (including phenoxy) is 2. The Morgan fingerprint density at radius 1 is 1.20 bits per heavy atom. The second kappa shape index (κ2) is 5.37. The van der Waals surface area contributed by atoms with Gasteiger partial charge in [-0.25, -0.2) is 0 Å². The van der Waals surface area contributed by atoms with Gasteiger partial charge in [0.1, 0.15) is 12.4 Å². The van der Waals surface area contributed by atoms with E-state index in [0.29, 0.717) is 5.75 Å². The fourth-order valence-corrected chi connectivity index (χ4v) is 1.25. The number of hydrogen-bond donors (Lipinski definition) is 0. The van der Waals surface area contributed by atoms with Crippen molar-refractivity contribution in [3.63, 3.8) is 0 Å². The van der Waals surface area contributed by atoms with Crippen molar-refractivity contribution in [1.82, 2.24) is 0 Å². The molecule has 0 aromatic heterocycles. The van der Waals surface area contributed by atoms with E-state index < -0.39 is 13.0 Å². The Hall–Kier alpha value is -0.750. The van der Waals surface area contributed by atoms with E-state index in [2.05, 4.69) is 20.7 Å². The molecule has 0 fully saturated rings. The van der Waals surface area contributed by atoms with Gasteiger partial charge in [-0.1, -0.05) is 22.0 Å². The average Bonchev–Trinajstić information content (AvgIpc) is 2.11. The van der Waals surface area contributed by atoms with Crippen LogP contribution in [-0.2, 0) is 4.74 Å². The number of benzene rings is 1. The summed E-state index contributed by atoms with van der Waals surface area (Å²) in [5.41, 5.74) is 0. The van der Waals surface area contributed by atoms with E-state index in [0.717, 1.165) is 4.47 Å². The molecule has 0 unspecified atom stereocenters. The molecular formula is C9H8BrF3O2. The van der Waals surface area contributed by atoms with Crippen LogP contribution in [-0.4, -0.2) is 19.6 Å². The maximum atomic E-state index is 11.6. The maximum absolute atomic E-state index is 11.6. The Morgan fingerprint density at radius 2 is 1.93 bits per heavy atom. The van der Waals surface area contributed by atoms with Gasteiger partial charge in [-0.15, -0.1) is 13.2 Å². The lowest BCUT2D eigenvalue weighted by atomic mass is 10.3. The summed E-state index contributed by atoms with van der Waals surface area (Å²) in [5, 5.41) is 0. The van der Waals surface area contributed by atoms with Gasteiger partial charge in [0.2, 0.25) is 0 Å². The third kappa shape index (κ3) is 5.64. The quantitative estimate of drug-likeness (QED) is 0.790. The molecule has 1 aromatic rings. The molecule has 0 saturated carbocycles. The van der Waals surface area contributed by atoms with Gasteiger partial charge in [0.15, 0.2) is 0 Å². The molecule has 0 amide bonds. The van der Waals surface area contributed by atoms with Gasteiger partial charge in [-0.05, 0) is 18.2 Å². The molecular weight excluding hydrogens is 277 g/mol. The molecule has 6 heteroatoms. The van der Waals surface area contributed by atoms with Crippen molar-refractivity contribution >= 4 is 15.9 Å². The van der Waals surface area contributed by atoms with E-state index >= 15 is 0 Å². The van der Waals surface area contributed by atoms with Crippen molar-refractivity contribution < 1.29 is 22.6 Å². The van der Waals surface area contributed by atoms with Crippen LogP contribution in [0.3, 0.4) is 0 Å². The zero-order valence-corrected chi connectivity index (χ0v) is 9.14. The highest BCUT2D eigenvalue weighted by Gasteiger charge is 2.28. The lowest BCUT2D eigenvalue weighted by Crippen LogP contribution is -2.18. The van der Waals surface area contributed by atoms with Crippen LogP contribution < -0.4 is 4.74 Å². The van der Waals surface area contributed by atoms with Gasteiger partial charge >= 0.3 is 6.36 Å². The van der Waals surface area contributed by atoms with E-state index in [1.54, 1.807) is 24.3 Å². The van der Waals surface area contributed by atoms with Gasteiger partial charge in [0.25, 0.3) is 0 Å². The molecule has 84 valence electrons. The number of alkyl halides is 3. The summed E-state index contributed by atoms with van der Waals surface area (Å²) in [6.07, 6.45) is -4.60. The third-order valence-corrected chi connectivity index (χ3v) is 1.91. The number of rotatable bonds is 4. The van der Waals surface area contributed by atoms with Crippen LogP contribution in [0.25, 0.3) is 0 Å². The minimum absolute atomic E-state index is 0.143. The van der Waals surface area contributed by atoms with Crippen molar-refractivity contribution in [2.24, 2.45) is 0 Å². The standard InChI is InChI=1S/C9H8BrF3O2/c10-7-2-1-3-8(6-7)14-4-5-15-9(11,12)13/h1-3,6H,4-5H2.